The molecule has 3 amide bonds. The molecule has 1 aliphatic heterocycles. The van der Waals surface area contributed by atoms with Crippen LogP contribution in [0.25, 0.3) is 0 Å². The molecule has 1 aromatic rings. The van der Waals surface area contributed by atoms with Gasteiger partial charge in [0.05, 0.1) is 5.71 Å². The van der Waals surface area contributed by atoms with Crippen LogP contribution in [0.15, 0.2) is 35.5 Å². The van der Waals surface area contributed by atoms with Gasteiger partial charge in [0.15, 0.2) is 6.61 Å². The van der Waals surface area contributed by atoms with Gasteiger partial charge in [-0.1, -0.05) is 23.4 Å². The second-order valence-electron chi connectivity index (χ2n) is 5.61. The van der Waals surface area contributed by atoms with Gasteiger partial charge in [-0.05, 0) is 12.1 Å². The topological polar surface area (TPSA) is 83.0 Å². The van der Waals surface area contributed by atoms with Crippen molar-refractivity contribution >= 4 is 23.3 Å². The van der Waals surface area contributed by atoms with E-state index in [1.807, 2.05) is 18.2 Å². The first-order chi connectivity index (χ1) is 12.3. The lowest BCUT2D eigenvalue weighted by Gasteiger charge is -2.27. The standard InChI is InChI=1S/C16H19F3N4O3/c17-16(18,19)11-20-14(24)10-26-22-13-6-8-23(9-7-13)15(25)21-12-4-2-1-3-5-12/h1-5H,6-11H2,(H,20,24)(H,21,25). The summed E-state index contributed by atoms with van der Waals surface area (Å²) in [6, 6.07) is 8.83. The second-order valence-corrected chi connectivity index (χ2v) is 5.61. The highest BCUT2D eigenvalue weighted by atomic mass is 19.4. The first kappa shape index (κ1) is 19.5. The summed E-state index contributed by atoms with van der Waals surface area (Å²) >= 11 is 0. The van der Waals surface area contributed by atoms with Gasteiger partial charge < -0.3 is 20.4 Å². The monoisotopic (exact) mass is 372 g/mol. The van der Waals surface area contributed by atoms with Crippen LogP contribution in [-0.4, -0.2) is 55.0 Å². The van der Waals surface area contributed by atoms with Crippen LogP contribution in [0.1, 0.15) is 12.8 Å². The quantitative estimate of drug-likeness (QED) is 0.779. The van der Waals surface area contributed by atoms with Gasteiger partial charge in [-0.2, -0.15) is 13.2 Å². The van der Waals surface area contributed by atoms with Crippen LogP contribution in [0.4, 0.5) is 23.7 Å². The van der Waals surface area contributed by atoms with Crippen molar-refractivity contribution in [1.29, 1.82) is 0 Å². The summed E-state index contributed by atoms with van der Waals surface area (Å²) in [5.41, 5.74) is 1.35. The van der Waals surface area contributed by atoms with Crippen LogP contribution >= 0.6 is 0 Å². The maximum atomic E-state index is 12.1. The first-order valence-corrected chi connectivity index (χ1v) is 7.95. The third-order valence-electron chi connectivity index (χ3n) is 3.53. The van der Waals surface area contributed by atoms with E-state index in [0.29, 0.717) is 37.3 Å². The molecule has 1 aliphatic rings. The lowest BCUT2D eigenvalue weighted by molar-refractivity contribution is -0.141. The molecule has 2 rings (SSSR count). The molecule has 7 nitrogen and oxygen atoms in total. The Kier molecular flexibility index (Phi) is 6.81. The van der Waals surface area contributed by atoms with E-state index in [0.717, 1.165) is 0 Å². The van der Waals surface area contributed by atoms with Crippen molar-refractivity contribution in [3.8, 4) is 0 Å². The normalized spacial score (nSPS) is 14.6. The van der Waals surface area contributed by atoms with Gasteiger partial charge in [0.2, 0.25) is 0 Å². The third-order valence-corrected chi connectivity index (χ3v) is 3.53. The molecule has 0 bridgehead atoms. The Hall–Kier alpha value is -2.78. The minimum atomic E-state index is -4.46. The Bertz CT molecular complexity index is 640. The Morgan fingerprint density at radius 3 is 2.42 bits per heavy atom. The molecule has 142 valence electrons. The minimum Gasteiger partial charge on any atom is -0.386 e. The molecule has 1 aromatic carbocycles. The molecule has 0 spiro atoms. The zero-order chi connectivity index (χ0) is 19.0. The predicted octanol–water partition coefficient (Wildman–Crippen LogP) is 2.37. The lowest BCUT2D eigenvalue weighted by Crippen LogP contribution is -2.41. The number of carbonyl (C=O) groups excluding carboxylic acids is 2. The maximum absolute atomic E-state index is 12.1. The molecule has 0 saturated carbocycles. The number of urea groups is 1. The number of benzene rings is 1. The van der Waals surface area contributed by atoms with Gasteiger partial charge in [0, 0.05) is 31.6 Å². The van der Waals surface area contributed by atoms with Crippen molar-refractivity contribution < 1.29 is 27.6 Å². The van der Waals surface area contributed by atoms with E-state index in [-0.39, 0.29) is 6.03 Å². The number of nitrogens with one attached hydrogen (secondary N) is 2. The molecule has 0 unspecified atom stereocenters. The number of amides is 3. The molecule has 2 N–H and O–H groups in total. The Balaban J connectivity index is 1.68. The Morgan fingerprint density at radius 1 is 1.15 bits per heavy atom. The maximum Gasteiger partial charge on any atom is 0.405 e. The van der Waals surface area contributed by atoms with Crippen LogP contribution in [0.5, 0.6) is 0 Å². The van der Waals surface area contributed by atoms with Gasteiger partial charge in [0.25, 0.3) is 5.91 Å². The number of para-hydroxylation sites is 1. The number of oxime groups is 1. The van der Waals surface area contributed by atoms with Gasteiger partial charge in [-0.3, -0.25) is 4.79 Å². The van der Waals surface area contributed by atoms with E-state index < -0.39 is 25.2 Å². The smallest absolute Gasteiger partial charge is 0.386 e. The van der Waals surface area contributed by atoms with Crippen LogP contribution in [-0.2, 0) is 9.63 Å². The average molecular weight is 372 g/mol. The van der Waals surface area contributed by atoms with Gasteiger partial charge in [-0.25, -0.2) is 4.79 Å². The van der Waals surface area contributed by atoms with Crippen molar-refractivity contribution in [2.45, 2.75) is 19.0 Å². The Labute approximate surface area is 148 Å². The van der Waals surface area contributed by atoms with Crippen LogP contribution in [0, 0.1) is 0 Å². The highest BCUT2D eigenvalue weighted by Gasteiger charge is 2.27. The first-order valence-electron chi connectivity index (χ1n) is 7.95. The van der Waals surface area contributed by atoms with Gasteiger partial charge in [-0.15, -0.1) is 0 Å². The summed E-state index contributed by atoms with van der Waals surface area (Å²) in [4.78, 5) is 29.7. The van der Waals surface area contributed by atoms with E-state index in [2.05, 4.69) is 10.5 Å². The number of carbonyl (C=O) groups is 2. The number of anilines is 1. The average Bonchev–Trinajstić information content (AvgIpc) is 2.61. The van der Waals surface area contributed by atoms with Gasteiger partial charge in [0.1, 0.15) is 6.54 Å². The van der Waals surface area contributed by atoms with Crippen LogP contribution < -0.4 is 10.6 Å². The highest BCUT2D eigenvalue weighted by Crippen LogP contribution is 2.13. The molecule has 0 aromatic heterocycles. The molecule has 26 heavy (non-hydrogen) atoms. The van der Waals surface area contributed by atoms with E-state index >= 15 is 0 Å². The van der Waals surface area contributed by atoms with Crippen molar-refractivity contribution in [2.24, 2.45) is 5.16 Å². The molecular weight excluding hydrogens is 353 g/mol. The van der Waals surface area contributed by atoms with E-state index in [4.69, 9.17) is 4.84 Å². The number of piperidine rings is 1. The van der Waals surface area contributed by atoms with Crippen molar-refractivity contribution in [1.82, 2.24) is 10.2 Å². The van der Waals surface area contributed by atoms with E-state index in [1.165, 1.54) is 0 Å². The number of halogens is 3. The molecule has 1 heterocycles. The van der Waals surface area contributed by atoms with Crippen molar-refractivity contribution in [3.05, 3.63) is 30.3 Å². The van der Waals surface area contributed by atoms with E-state index in [1.54, 1.807) is 22.3 Å². The number of hydrogen-bond donors (Lipinski definition) is 2. The SMILES string of the molecule is O=C(CON=C1CCN(C(=O)Nc2ccccc2)CC1)NCC(F)(F)F. The lowest BCUT2D eigenvalue weighted by atomic mass is 10.1. The summed E-state index contributed by atoms with van der Waals surface area (Å²) in [5.74, 6) is -0.897. The summed E-state index contributed by atoms with van der Waals surface area (Å²) in [5, 5.41) is 8.23. The molecule has 10 heteroatoms. The summed E-state index contributed by atoms with van der Waals surface area (Å²) < 4.78 is 35.8. The largest absolute Gasteiger partial charge is 0.405 e. The fraction of sp³-hybridized carbons (Fsp3) is 0.438. The molecule has 1 fully saturated rings. The molecule has 0 radical (unpaired) electrons. The van der Waals surface area contributed by atoms with E-state index in [9.17, 15) is 22.8 Å². The number of alkyl halides is 3. The number of nitrogens with zero attached hydrogens (tertiary/aromatic N) is 2. The highest BCUT2D eigenvalue weighted by molar-refractivity contribution is 5.92. The fourth-order valence-corrected chi connectivity index (χ4v) is 2.22. The summed E-state index contributed by atoms with van der Waals surface area (Å²) in [7, 11) is 0. The van der Waals surface area contributed by atoms with Crippen LogP contribution in [0.2, 0.25) is 0 Å². The number of hydrogen-bond acceptors (Lipinski definition) is 4. The number of rotatable bonds is 5. The molecular formula is C16H19F3N4O3. The molecule has 1 saturated heterocycles. The zero-order valence-electron chi connectivity index (χ0n) is 13.9. The van der Waals surface area contributed by atoms with Crippen molar-refractivity contribution in [3.63, 3.8) is 0 Å². The van der Waals surface area contributed by atoms with Crippen LogP contribution in [0.3, 0.4) is 0 Å². The van der Waals surface area contributed by atoms with Gasteiger partial charge >= 0.3 is 12.2 Å². The summed E-state index contributed by atoms with van der Waals surface area (Å²) in [6.07, 6.45) is -3.53. The summed E-state index contributed by atoms with van der Waals surface area (Å²) in [6.45, 7) is -1.13. The fourth-order valence-electron chi connectivity index (χ4n) is 2.22. The Morgan fingerprint density at radius 2 is 1.81 bits per heavy atom. The second kappa shape index (κ2) is 9.07. The van der Waals surface area contributed by atoms with Crippen molar-refractivity contribution in [2.75, 3.05) is 31.6 Å². The predicted molar refractivity (Wildman–Crippen MR) is 88.7 cm³/mol. The third kappa shape index (κ3) is 6.99. The number of likely N-dealkylation sites (tertiary alicyclic amines) is 1. The minimum absolute atomic E-state index is 0.220. The molecule has 0 atom stereocenters. The zero-order valence-corrected chi connectivity index (χ0v) is 13.9. The molecule has 0 aliphatic carbocycles.